The van der Waals surface area contributed by atoms with Crippen LogP contribution in [0.1, 0.15) is 5.56 Å². The van der Waals surface area contributed by atoms with Gasteiger partial charge in [-0.1, -0.05) is 45.7 Å². The van der Waals surface area contributed by atoms with Gasteiger partial charge in [0.2, 0.25) is 5.91 Å². The molecule has 0 atom stereocenters. The van der Waals surface area contributed by atoms with Gasteiger partial charge in [-0.15, -0.1) is 0 Å². The second kappa shape index (κ2) is 8.04. The lowest BCUT2D eigenvalue weighted by atomic mass is 10.2. The van der Waals surface area contributed by atoms with Crippen LogP contribution in [0.2, 0.25) is 5.02 Å². The number of methoxy groups -OCH3 is 2. The molecule has 0 unspecified atom stereocenters. The maximum Gasteiger partial charge on any atom is 0.248 e. The van der Waals surface area contributed by atoms with E-state index >= 15 is 0 Å². The molecule has 0 aliphatic rings. The monoisotopic (exact) mass is 395 g/mol. The first-order chi connectivity index (χ1) is 11.0. The Morgan fingerprint density at radius 1 is 1.17 bits per heavy atom. The van der Waals surface area contributed by atoms with Gasteiger partial charge < -0.3 is 14.8 Å². The second-order valence-corrected chi connectivity index (χ2v) is 5.79. The fourth-order valence-electron chi connectivity index (χ4n) is 1.91. The SMILES string of the molecule is COc1cc(NC(=O)/C=C/c2ccccc2Br)c(OC)cc1Cl. The topological polar surface area (TPSA) is 47.6 Å². The van der Waals surface area contributed by atoms with Crippen molar-refractivity contribution in [3.05, 3.63) is 57.5 Å². The van der Waals surface area contributed by atoms with Crippen molar-refractivity contribution in [1.29, 1.82) is 0 Å². The zero-order valence-electron chi connectivity index (χ0n) is 12.6. The minimum absolute atomic E-state index is 0.288. The maximum absolute atomic E-state index is 12.1. The van der Waals surface area contributed by atoms with Crippen molar-refractivity contribution in [3.8, 4) is 11.5 Å². The molecule has 0 radical (unpaired) electrons. The number of nitrogens with one attached hydrogen (secondary N) is 1. The predicted molar refractivity (Wildman–Crippen MR) is 96.4 cm³/mol. The van der Waals surface area contributed by atoms with E-state index in [0.717, 1.165) is 10.0 Å². The third-order valence-electron chi connectivity index (χ3n) is 3.05. The maximum atomic E-state index is 12.1. The standard InChI is InChI=1S/C17H15BrClNO3/c1-22-15-10-14(16(23-2)9-13(15)19)20-17(21)8-7-11-5-3-4-6-12(11)18/h3-10H,1-2H3,(H,20,21)/b8-7+. The Hall–Kier alpha value is -1.98. The highest BCUT2D eigenvalue weighted by Crippen LogP contribution is 2.35. The molecule has 6 heteroatoms. The van der Waals surface area contributed by atoms with Gasteiger partial charge in [0, 0.05) is 22.7 Å². The lowest BCUT2D eigenvalue weighted by Crippen LogP contribution is -2.09. The summed E-state index contributed by atoms with van der Waals surface area (Å²) in [6, 6.07) is 10.8. The third kappa shape index (κ3) is 4.50. The van der Waals surface area contributed by atoms with E-state index in [1.165, 1.54) is 20.3 Å². The molecule has 0 aromatic heterocycles. The molecule has 0 fully saturated rings. The quantitative estimate of drug-likeness (QED) is 0.741. The number of benzene rings is 2. The summed E-state index contributed by atoms with van der Waals surface area (Å²) in [5.74, 6) is 0.624. The van der Waals surface area contributed by atoms with Crippen molar-refractivity contribution in [1.82, 2.24) is 0 Å². The van der Waals surface area contributed by atoms with E-state index in [1.54, 1.807) is 18.2 Å². The average molecular weight is 397 g/mol. The summed E-state index contributed by atoms with van der Waals surface area (Å²) in [6.07, 6.45) is 3.17. The number of carbonyl (C=O) groups is 1. The summed E-state index contributed by atoms with van der Waals surface area (Å²) < 4.78 is 11.3. The zero-order valence-corrected chi connectivity index (χ0v) is 14.9. The van der Waals surface area contributed by atoms with E-state index in [9.17, 15) is 4.79 Å². The van der Waals surface area contributed by atoms with Gasteiger partial charge in [-0.25, -0.2) is 0 Å². The Bertz CT molecular complexity index is 747. The summed E-state index contributed by atoms with van der Waals surface area (Å²) in [5, 5.41) is 3.16. The Labute approximate surface area is 148 Å². The normalized spacial score (nSPS) is 10.6. The van der Waals surface area contributed by atoms with Crippen LogP contribution in [0.25, 0.3) is 6.08 Å². The smallest absolute Gasteiger partial charge is 0.248 e. The first-order valence-electron chi connectivity index (χ1n) is 6.70. The largest absolute Gasteiger partial charge is 0.495 e. The average Bonchev–Trinajstić information content (AvgIpc) is 2.55. The fourth-order valence-corrected chi connectivity index (χ4v) is 2.56. The van der Waals surface area contributed by atoms with Crippen LogP contribution < -0.4 is 14.8 Å². The van der Waals surface area contributed by atoms with Crippen LogP contribution in [0.5, 0.6) is 11.5 Å². The van der Waals surface area contributed by atoms with Crippen molar-refractivity contribution in [2.75, 3.05) is 19.5 Å². The first kappa shape index (κ1) is 17.4. The van der Waals surface area contributed by atoms with Crippen LogP contribution in [0.4, 0.5) is 5.69 Å². The van der Waals surface area contributed by atoms with Crippen LogP contribution in [0, 0.1) is 0 Å². The Balaban J connectivity index is 2.18. The molecule has 23 heavy (non-hydrogen) atoms. The van der Waals surface area contributed by atoms with Crippen LogP contribution >= 0.6 is 27.5 Å². The van der Waals surface area contributed by atoms with Gasteiger partial charge in [-0.3, -0.25) is 4.79 Å². The lowest BCUT2D eigenvalue weighted by molar-refractivity contribution is -0.111. The Kier molecular flexibility index (Phi) is 6.07. The van der Waals surface area contributed by atoms with Crippen molar-refractivity contribution in [3.63, 3.8) is 0 Å². The Morgan fingerprint density at radius 2 is 1.87 bits per heavy atom. The third-order valence-corrected chi connectivity index (χ3v) is 4.07. The highest BCUT2D eigenvalue weighted by molar-refractivity contribution is 9.10. The van der Waals surface area contributed by atoms with Crippen LogP contribution in [0.3, 0.4) is 0 Å². The summed E-state index contributed by atoms with van der Waals surface area (Å²) >= 11 is 9.47. The minimum atomic E-state index is -0.288. The summed E-state index contributed by atoms with van der Waals surface area (Å²) in [4.78, 5) is 12.1. The van der Waals surface area contributed by atoms with Gasteiger partial charge in [-0.05, 0) is 17.7 Å². The van der Waals surface area contributed by atoms with Gasteiger partial charge in [0.05, 0.1) is 24.9 Å². The molecular weight excluding hydrogens is 382 g/mol. The van der Waals surface area contributed by atoms with Crippen molar-refractivity contribution >= 4 is 45.2 Å². The molecule has 4 nitrogen and oxygen atoms in total. The molecule has 1 amide bonds. The molecular formula is C17H15BrClNO3. The summed E-state index contributed by atoms with van der Waals surface area (Å²) in [7, 11) is 3.01. The van der Waals surface area contributed by atoms with Crippen molar-refractivity contribution < 1.29 is 14.3 Å². The van der Waals surface area contributed by atoms with E-state index in [2.05, 4.69) is 21.2 Å². The van der Waals surface area contributed by atoms with E-state index in [4.69, 9.17) is 21.1 Å². The van der Waals surface area contributed by atoms with E-state index < -0.39 is 0 Å². The molecule has 2 aromatic carbocycles. The number of anilines is 1. The number of carbonyl (C=O) groups excluding carboxylic acids is 1. The molecule has 0 spiro atoms. The zero-order chi connectivity index (χ0) is 16.8. The first-order valence-corrected chi connectivity index (χ1v) is 7.87. The van der Waals surface area contributed by atoms with Gasteiger partial charge in [-0.2, -0.15) is 0 Å². The molecule has 2 rings (SSSR count). The van der Waals surface area contributed by atoms with Gasteiger partial charge in [0.1, 0.15) is 11.5 Å². The van der Waals surface area contributed by atoms with Crippen molar-refractivity contribution in [2.45, 2.75) is 0 Å². The molecule has 2 aromatic rings. The van der Waals surface area contributed by atoms with Crippen molar-refractivity contribution in [2.24, 2.45) is 0 Å². The molecule has 0 heterocycles. The number of halogens is 2. The second-order valence-electron chi connectivity index (χ2n) is 4.53. The van der Waals surface area contributed by atoms with E-state index in [-0.39, 0.29) is 5.91 Å². The van der Waals surface area contributed by atoms with Gasteiger partial charge >= 0.3 is 0 Å². The van der Waals surface area contributed by atoms with Crippen LogP contribution in [-0.2, 0) is 4.79 Å². The lowest BCUT2D eigenvalue weighted by Gasteiger charge is -2.12. The molecule has 1 N–H and O–H groups in total. The summed E-state index contributed by atoms with van der Waals surface area (Å²) in [6.45, 7) is 0. The Morgan fingerprint density at radius 3 is 2.52 bits per heavy atom. The van der Waals surface area contributed by atoms with E-state index in [0.29, 0.717) is 22.2 Å². The highest BCUT2D eigenvalue weighted by Gasteiger charge is 2.11. The molecule has 0 bridgehead atoms. The molecule has 0 aliphatic carbocycles. The number of hydrogen-bond acceptors (Lipinski definition) is 3. The molecule has 0 saturated carbocycles. The van der Waals surface area contributed by atoms with Crippen LogP contribution in [-0.4, -0.2) is 20.1 Å². The summed E-state index contributed by atoms with van der Waals surface area (Å²) in [5.41, 5.74) is 1.39. The van der Waals surface area contributed by atoms with Gasteiger partial charge in [0.25, 0.3) is 0 Å². The van der Waals surface area contributed by atoms with E-state index in [1.807, 2.05) is 24.3 Å². The highest BCUT2D eigenvalue weighted by atomic mass is 79.9. The molecule has 0 aliphatic heterocycles. The molecule has 120 valence electrons. The van der Waals surface area contributed by atoms with Crippen LogP contribution in [0.15, 0.2) is 46.9 Å². The fraction of sp³-hybridized carbons (Fsp3) is 0.118. The number of hydrogen-bond donors (Lipinski definition) is 1. The molecule has 0 saturated heterocycles. The minimum Gasteiger partial charge on any atom is -0.495 e. The number of amides is 1. The predicted octanol–water partition coefficient (Wildman–Crippen LogP) is 4.77. The number of ether oxygens (including phenoxy) is 2. The van der Waals surface area contributed by atoms with Gasteiger partial charge in [0.15, 0.2) is 0 Å². The number of rotatable bonds is 5.